The maximum Gasteiger partial charge on any atom is 0.252 e. The predicted octanol–water partition coefficient (Wildman–Crippen LogP) is 3.50. The van der Waals surface area contributed by atoms with Crippen molar-refractivity contribution in [3.63, 3.8) is 0 Å². The second kappa shape index (κ2) is 11.3. The van der Waals surface area contributed by atoms with Gasteiger partial charge < -0.3 is 26.2 Å². The van der Waals surface area contributed by atoms with Crippen LogP contribution in [0.5, 0.6) is 5.75 Å². The number of benzene rings is 2. The standard InChI is InChI=1S/C33H38FN3O6/c1-5-11-37(15-18-9-7-6-8-10-18)16-20-14-23(38)26-21(27(20)34)12-19-13-22-28(36(3)4)30(40)24(32(35)42)17(2)33(22,43)31(41)25(19)29(26)39/h6-10,14,19,22,28,38-40,43H,2,5,11-13,15-16H2,1,3-4H3,(H2,35,42)/t19-,22-,28-,33-/m0/s1. The number of carbonyl (C=O) groups excluding carboxylic acids is 2. The number of phenolic OH excluding ortho intramolecular Hbond substituents is 1. The lowest BCUT2D eigenvalue weighted by Gasteiger charge is -2.52. The molecule has 228 valence electrons. The molecular weight excluding hydrogens is 553 g/mol. The van der Waals surface area contributed by atoms with Gasteiger partial charge >= 0.3 is 0 Å². The summed E-state index contributed by atoms with van der Waals surface area (Å²) in [6.45, 7) is 7.29. The number of fused-ring (bicyclic) bond motifs is 3. The summed E-state index contributed by atoms with van der Waals surface area (Å²) in [7, 11) is 3.25. The fourth-order valence-corrected chi connectivity index (χ4v) is 7.25. The molecule has 6 N–H and O–H groups in total. The van der Waals surface area contributed by atoms with Crippen molar-refractivity contribution in [2.45, 2.75) is 50.9 Å². The minimum Gasteiger partial charge on any atom is -0.510 e. The van der Waals surface area contributed by atoms with Gasteiger partial charge in [-0.2, -0.15) is 0 Å². The Morgan fingerprint density at radius 1 is 1.16 bits per heavy atom. The van der Waals surface area contributed by atoms with E-state index in [0.717, 1.165) is 12.0 Å². The summed E-state index contributed by atoms with van der Waals surface area (Å²) >= 11 is 0. The molecule has 2 aromatic rings. The van der Waals surface area contributed by atoms with Crippen LogP contribution < -0.4 is 5.73 Å². The Labute approximate surface area is 250 Å². The van der Waals surface area contributed by atoms with Crippen LogP contribution in [0.2, 0.25) is 0 Å². The maximum atomic E-state index is 16.3. The number of likely N-dealkylation sites (N-methyl/N-ethyl adjacent to an activating group) is 1. The number of Topliss-reactive ketones (excluding diaryl/α,β-unsaturated/α-hetero) is 1. The molecule has 0 radical (unpaired) electrons. The van der Waals surface area contributed by atoms with Crippen LogP contribution in [0.25, 0.3) is 5.76 Å². The first-order chi connectivity index (χ1) is 20.3. The van der Waals surface area contributed by atoms with Crippen molar-refractivity contribution < 1.29 is 34.4 Å². The fourth-order valence-electron chi connectivity index (χ4n) is 7.25. The second-order valence-electron chi connectivity index (χ2n) is 12.0. The molecule has 0 bridgehead atoms. The van der Waals surface area contributed by atoms with Gasteiger partial charge in [-0.1, -0.05) is 43.8 Å². The molecule has 0 aliphatic heterocycles. The highest BCUT2D eigenvalue weighted by molar-refractivity contribution is 6.13. The zero-order chi connectivity index (χ0) is 31.4. The molecule has 0 spiro atoms. The van der Waals surface area contributed by atoms with Crippen LogP contribution in [0.15, 0.2) is 65.5 Å². The molecule has 10 heteroatoms. The highest BCUT2D eigenvalue weighted by Gasteiger charge is 2.62. The minimum atomic E-state index is -2.37. The molecule has 0 saturated heterocycles. The summed E-state index contributed by atoms with van der Waals surface area (Å²) in [5.41, 5.74) is 3.41. The summed E-state index contributed by atoms with van der Waals surface area (Å²) in [5, 5.41) is 45.4. The number of amides is 1. The molecule has 0 heterocycles. The molecule has 43 heavy (non-hydrogen) atoms. The third-order valence-corrected chi connectivity index (χ3v) is 9.10. The molecule has 3 aliphatic carbocycles. The van der Waals surface area contributed by atoms with E-state index >= 15 is 4.39 Å². The smallest absolute Gasteiger partial charge is 0.252 e. The lowest BCUT2D eigenvalue weighted by atomic mass is 9.56. The lowest BCUT2D eigenvalue weighted by Crippen LogP contribution is -2.63. The molecule has 0 aromatic heterocycles. The normalized spacial score (nSPS) is 25.2. The Morgan fingerprint density at radius 3 is 2.44 bits per heavy atom. The van der Waals surface area contributed by atoms with Gasteiger partial charge in [-0.25, -0.2) is 4.39 Å². The molecule has 9 nitrogen and oxygen atoms in total. The number of aliphatic hydroxyl groups is 3. The van der Waals surface area contributed by atoms with Crippen molar-refractivity contribution in [1.29, 1.82) is 0 Å². The summed E-state index contributed by atoms with van der Waals surface area (Å²) in [6, 6.07) is 10.1. The van der Waals surface area contributed by atoms with Crippen molar-refractivity contribution in [1.82, 2.24) is 9.80 Å². The molecule has 1 fully saturated rings. The number of aromatic hydroxyl groups is 1. The molecule has 3 aliphatic rings. The largest absolute Gasteiger partial charge is 0.510 e. The first kappa shape index (κ1) is 30.5. The molecule has 2 aromatic carbocycles. The van der Waals surface area contributed by atoms with Crippen LogP contribution in [0.4, 0.5) is 4.39 Å². The number of aliphatic hydroxyl groups excluding tert-OH is 2. The van der Waals surface area contributed by atoms with E-state index in [1.807, 2.05) is 37.3 Å². The maximum absolute atomic E-state index is 16.3. The van der Waals surface area contributed by atoms with Crippen LogP contribution in [-0.4, -0.2) is 74.2 Å². The van der Waals surface area contributed by atoms with Gasteiger partial charge in [0.2, 0.25) is 0 Å². The van der Waals surface area contributed by atoms with E-state index < -0.39 is 58.1 Å². The Morgan fingerprint density at radius 2 is 1.84 bits per heavy atom. The number of hydrogen-bond donors (Lipinski definition) is 5. The molecule has 1 saturated carbocycles. The second-order valence-corrected chi connectivity index (χ2v) is 12.0. The summed E-state index contributed by atoms with van der Waals surface area (Å²) in [5.74, 6) is -5.65. The van der Waals surface area contributed by atoms with Crippen molar-refractivity contribution in [2.24, 2.45) is 17.6 Å². The minimum absolute atomic E-state index is 0.0213. The van der Waals surface area contributed by atoms with E-state index in [2.05, 4.69) is 11.5 Å². The first-order valence-electron chi connectivity index (χ1n) is 14.4. The summed E-state index contributed by atoms with van der Waals surface area (Å²) in [6.07, 6.45) is 0.871. The van der Waals surface area contributed by atoms with Gasteiger partial charge in [-0.05, 0) is 57.5 Å². The van der Waals surface area contributed by atoms with Gasteiger partial charge in [-0.3, -0.25) is 19.4 Å². The average molecular weight is 592 g/mol. The number of nitrogens with zero attached hydrogens (tertiary/aromatic N) is 2. The number of halogens is 1. The molecule has 5 rings (SSSR count). The third kappa shape index (κ3) is 4.83. The van der Waals surface area contributed by atoms with Crippen molar-refractivity contribution in [3.05, 3.63) is 93.5 Å². The predicted molar refractivity (Wildman–Crippen MR) is 159 cm³/mol. The molecule has 0 unspecified atom stereocenters. The SMILES string of the molecule is C=C1C(C(N)=O)=C(O)[C@@H](N(C)C)[C@@H]2C[C@@H]3Cc4c(F)c(CN(CCC)Cc5ccccc5)cc(O)c4C(O)=C3C(=O)[C@]12O. The van der Waals surface area contributed by atoms with Crippen LogP contribution in [0.3, 0.4) is 0 Å². The number of primary amides is 1. The van der Waals surface area contributed by atoms with Crippen LogP contribution in [-0.2, 0) is 29.1 Å². The Kier molecular flexibility index (Phi) is 7.98. The Bertz CT molecular complexity index is 1570. The lowest BCUT2D eigenvalue weighted by molar-refractivity contribution is -0.143. The summed E-state index contributed by atoms with van der Waals surface area (Å²) < 4.78 is 16.3. The van der Waals surface area contributed by atoms with Crippen LogP contribution in [0.1, 0.15) is 42.0 Å². The van der Waals surface area contributed by atoms with E-state index in [1.54, 1.807) is 19.0 Å². The Hall–Kier alpha value is -3.99. The van der Waals surface area contributed by atoms with Crippen molar-refractivity contribution >= 4 is 17.4 Å². The van der Waals surface area contributed by atoms with Gasteiger partial charge in [-0.15, -0.1) is 0 Å². The van der Waals surface area contributed by atoms with E-state index in [0.29, 0.717) is 13.1 Å². The Balaban J connectivity index is 1.57. The zero-order valence-corrected chi connectivity index (χ0v) is 24.6. The monoisotopic (exact) mass is 591 g/mol. The number of hydrogen-bond acceptors (Lipinski definition) is 8. The van der Waals surface area contributed by atoms with Crippen molar-refractivity contribution in [3.8, 4) is 5.75 Å². The highest BCUT2D eigenvalue weighted by atomic mass is 19.1. The van der Waals surface area contributed by atoms with Gasteiger partial charge in [0.1, 0.15) is 23.1 Å². The number of carbonyl (C=O) groups is 2. The van der Waals surface area contributed by atoms with Crippen molar-refractivity contribution in [2.75, 3.05) is 20.6 Å². The van der Waals surface area contributed by atoms with Crippen LogP contribution >= 0.6 is 0 Å². The molecular formula is C33H38FN3O6. The number of phenols is 1. The zero-order valence-electron chi connectivity index (χ0n) is 24.6. The first-order valence-corrected chi connectivity index (χ1v) is 14.4. The van der Waals surface area contributed by atoms with Gasteiger partial charge in [0, 0.05) is 41.3 Å². The van der Waals surface area contributed by atoms with E-state index in [9.17, 15) is 30.0 Å². The van der Waals surface area contributed by atoms with E-state index in [-0.39, 0.29) is 53.0 Å². The fraction of sp³-hybridized carbons (Fsp3) is 0.394. The van der Waals surface area contributed by atoms with E-state index in [1.165, 1.54) is 6.07 Å². The molecule has 4 atom stereocenters. The number of ketones is 1. The highest BCUT2D eigenvalue weighted by Crippen LogP contribution is 2.54. The average Bonchev–Trinajstić information content (AvgIpc) is 2.93. The van der Waals surface area contributed by atoms with Crippen LogP contribution in [0, 0.1) is 17.7 Å². The van der Waals surface area contributed by atoms with E-state index in [4.69, 9.17) is 5.73 Å². The number of rotatable bonds is 8. The van der Waals surface area contributed by atoms with Gasteiger partial charge in [0.05, 0.1) is 17.2 Å². The third-order valence-electron chi connectivity index (χ3n) is 9.10. The topological polar surface area (TPSA) is 148 Å². The van der Waals surface area contributed by atoms with Gasteiger partial charge in [0.25, 0.3) is 5.91 Å². The molecule has 1 amide bonds. The quantitative estimate of drug-likeness (QED) is 0.313. The summed E-state index contributed by atoms with van der Waals surface area (Å²) in [4.78, 5) is 30.0. The number of nitrogens with two attached hydrogens (primary N) is 1. The van der Waals surface area contributed by atoms with Gasteiger partial charge in [0.15, 0.2) is 11.4 Å².